The molecule has 128 valence electrons. The van der Waals surface area contributed by atoms with Crippen molar-refractivity contribution in [3.63, 3.8) is 0 Å². The van der Waals surface area contributed by atoms with Gasteiger partial charge < -0.3 is 0 Å². The van der Waals surface area contributed by atoms with Crippen LogP contribution in [0.2, 0.25) is 0 Å². The highest BCUT2D eigenvalue weighted by molar-refractivity contribution is 7.17. The predicted octanol–water partition coefficient (Wildman–Crippen LogP) is 7.90. The quantitative estimate of drug-likeness (QED) is 0.306. The van der Waals surface area contributed by atoms with E-state index in [4.69, 9.17) is 0 Å². The van der Waals surface area contributed by atoms with Crippen LogP contribution in [0.1, 0.15) is 0 Å². The lowest BCUT2D eigenvalue weighted by Gasteiger charge is -2.13. The standard InChI is InChI=1S/C26H18S/c1-3-9-19(10-4-1)21-15-16-22(20-11-5-2-6-12-20)24(17-21)25-18-27-26-14-8-7-13-23(25)26/h1-18H. The van der Waals surface area contributed by atoms with Crippen molar-refractivity contribution in [3.8, 4) is 33.4 Å². The summed E-state index contributed by atoms with van der Waals surface area (Å²) in [5.41, 5.74) is 7.63. The van der Waals surface area contributed by atoms with E-state index in [0.29, 0.717) is 0 Å². The molecule has 1 aromatic heterocycles. The Morgan fingerprint density at radius 2 is 1.11 bits per heavy atom. The van der Waals surface area contributed by atoms with Gasteiger partial charge in [-0.05, 0) is 45.3 Å². The minimum absolute atomic E-state index is 1.25. The Hall–Kier alpha value is -3.16. The summed E-state index contributed by atoms with van der Waals surface area (Å²) in [6.45, 7) is 0. The summed E-state index contributed by atoms with van der Waals surface area (Å²) < 4.78 is 1.33. The molecule has 0 radical (unpaired) electrons. The minimum atomic E-state index is 1.25. The van der Waals surface area contributed by atoms with Gasteiger partial charge in [-0.2, -0.15) is 0 Å². The monoisotopic (exact) mass is 362 g/mol. The van der Waals surface area contributed by atoms with Crippen LogP contribution in [0.25, 0.3) is 43.5 Å². The Morgan fingerprint density at radius 3 is 1.89 bits per heavy atom. The highest BCUT2D eigenvalue weighted by Crippen LogP contribution is 2.41. The second kappa shape index (κ2) is 6.86. The van der Waals surface area contributed by atoms with Gasteiger partial charge in [-0.15, -0.1) is 11.3 Å². The van der Waals surface area contributed by atoms with Crippen molar-refractivity contribution in [2.45, 2.75) is 0 Å². The molecule has 0 aliphatic heterocycles. The molecule has 0 fully saturated rings. The van der Waals surface area contributed by atoms with Gasteiger partial charge in [0.2, 0.25) is 0 Å². The smallest absolute Gasteiger partial charge is 0.0349 e. The van der Waals surface area contributed by atoms with Crippen molar-refractivity contribution in [2.24, 2.45) is 0 Å². The van der Waals surface area contributed by atoms with Crippen molar-refractivity contribution >= 4 is 21.4 Å². The molecule has 0 aliphatic rings. The normalized spacial score (nSPS) is 11.0. The average molecular weight is 362 g/mol. The molecule has 0 atom stereocenters. The molecule has 4 aromatic carbocycles. The molecule has 0 bridgehead atoms. The minimum Gasteiger partial charge on any atom is -0.143 e. The Labute approximate surface area is 163 Å². The highest BCUT2D eigenvalue weighted by Gasteiger charge is 2.13. The van der Waals surface area contributed by atoms with Crippen LogP contribution < -0.4 is 0 Å². The Kier molecular flexibility index (Phi) is 4.08. The van der Waals surface area contributed by atoms with Crippen molar-refractivity contribution in [2.75, 3.05) is 0 Å². The zero-order chi connectivity index (χ0) is 18.1. The lowest BCUT2D eigenvalue weighted by molar-refractivity contribution is 1.58. The first-order chi connectivity index (χ1) is 13.4. The molecule has 0 nitrogen and oxygen atoms in total. The SMILES string of the molecule is c1ccc(-c2ccc(-c3ccccc3)c(-c3csc4ccccc34)c2)cc1. The molecule has 27 heavy (non-hydrogen) atoms. The van der Waals surface area contributed by atoms with Gasteiger partial charge in [0.05, 0.1) is 0 Å². The van der Waals surface area contributed by atoms with E-state index in [1.165, 1.54) is 43.5 Å². The molecular formula is C26H18S. The molecule has 1 heterocycles. The molecule has 0 N–H and O–H groups in total. The van der Waals surface area contributed by atoms with E-state index in [1.807, 2.05) is 11.3 Å². The fraction of sp³-hybridized carbons (Fsp3) is 0. The van der Waals surface area contributed by atoms with Crippen LogP contribution in [0.5, 0.6) is 0 Å². The topological polar surface area (TPSA) is 0 Å². The van der Waals surface area contributed by atoms with Gasteiger partial charge in [-0.1, -0.05) is 91.0 Å². The molecular weight excluding hydrogens is 344 g/mol. The highest BCUT2D eigenvalue weighted by atomic mass is 32.1. The van der Waals surface area contributed by atoms with Gasteiger partial charge in [0, 0.05) is 15.6 Å². The van der Waals surface area contributed by atoms with E-state index in [0.717, 1.165) is 0 Å². The third-order valence-corrected chi connectivity index (χ3v) is 5.95. The van der Waals surface area contributed by atoms with E-state index >= 15 is 0 Å². The summed E-state index contributed by atoms with van der Waals surface area (Å²) in [5, 5.41) is 3.62. The van der Waals surface area contributed by atoms with E-state index < -0.39 is 0 Å². The van der Waals surface area contributed by atoms with E-state index in [2.05, 4.69) is 109 Å². The maximum atomic E-state index is 2.34. The largest absolute Gasteiger partial charge is 0.143 e. The van der Waals surface area contributed by atoms with Gasteiger partial charge in [0.1, 0.15) is 0 Å². The zero-order valence-corrected chi connectivity index (χ0v) is 15.6. The molecule has 0 aliphatic carbocycles. The fourth-order valence-electron chi connectivity index (χ4n) is 3.63. The summed E-state index contributed by atoms with van der Waals surface area (Å²) in [6, 6.07) is 36.8. The van der Waals surface area contributed by atoms with Gasteiger partial charge in [0.25, 0.3) is 0 Å². The number of benzene rings is 4. The first-order valence-corrected chi connectivity index (χ1v) is 9.99. The Morgan fingerprint density at radius 1 is 0.444 bits per heavy atom. The molecule has 1 heteroatoms. The lowest BCUT2D eigenvalue weighted by atomic mass is 9.91. The van der Waals surface area contributed by atoms with E-state index in [1.54, 1.807) is 0 Å². The van der Waals surface area contributed by atoms with Crippen LogP contribution in [0.4, 0.5) is 0 Å². The average Bonchev–Trinajstić information content (AvgIpc) is 3.19. The second-order valence-electron chi connectivity index (χ2n) is 6.64. The van der Waals surface area contributed by atoms with E-state index in [9.17, 15) is 0 Å². The molecule has 0 amide bonds. The number of thiophene rings is 1. The maximum Gasteiger partial charge on any atom is 0.0349 e. The van der Waals surface area contributed by atoms with Crippen LogP contribution in [0.3, 0.4) is 0 Å². The van der Waals surface area contributed by atoms with Crippen LogP contribution in [-0.4, -0.2) is 0 Å². The van der Waals surface area contributed by atoms with Gasteiger partial charge >= 0.3 is 0 Å². The van der Waals surface area contributed by atoms with Crippen molar-refractivity contribution < 1.29 is 0 Å². The first-order valence-electron chi connectivity index (χ1n) is 9.12. The fourth-order valence-corrected chi connectivity index (χ4v) is 4.59. The van der Waals surface area contributed by atoms with Crippen LogP contribution in [-0.2, 0) is 0 Å². The Balaban J connectivity index is 1.78. The van der Waals surface area contributed by atoms with Crippen molar-refractivity contribution in [3.05, 3.63) is 109 Å². The summed E-state index contributed by atoms with van der Waals surface area (Å²) in [6.07, 6.45) is 0. The van der Waals surface area contributed by atoms with Crippen LogP contribution in [0.15, 0.2) is 109 Å². The molecule has 0 unspecified atom stereocenters. The van der Waals surface area contributed by atoms with Gasteiger partial charge in [0.15, 0.2) is 0 Å². The summed E-state index contributed by atoms with van der Waals surface area (Å²) in [5.74, 6) is 0. The molecule has 5 aromatic rings. The molecule has 5 rings (SSSR count). The summed E-state index contributed by atoms with van der Waals surface area (Å²) >= 11 is 1.81. The van der Waals surface area contributed by atoms with Crippen LogP contribution >= 0.6 is 11.3 Å². The third-order valence-electron chi connectivity index (χ3n) is 4.98. The Bertz CT molecular complexity index is 1200. The van der Waals surface area contributed by atoms with Gasteiger partial charge in [-0.25, -0.2) is 0 Å². The molecule has 0 spiro atoms. The summed E-state index contributed by atoms with van der Waals surface area (Å²) in [4.78, 5) is 0. The molecule has 0 saturated heterocycles. The van der Waals surface area contributed by atoms with Crippen molar-refractivity contribution in [1.29, 1.82) is 0 Å². The lowest BCUT2D eigenvalue weighted by Crippen LogP contribution is -1.87. The number of rotatable bonds is 3. The second-order valence-corrected chi connectivity index (χ2v) is 7.55. The number of fused-ring (bicyclic) bond motifs is 1. The predicted molar refractivity (Wildman–Crippen MR) is 118 cm³/mol. The first kappa shape index (κ1) is 16.0. The number of hydrogen-bond acceptors (Lipinski definition) is 1. The third kappa shape index (κ3) is 2.97. The van der Waals surface area contributed by atoms with Crippen molar-refractivity contribution in [1.82, 2.24) is 0 Å². The van der Waals surface area contributed by atoms with E-state index in [-0.39, 0.29) is 0 Å². The zero-order valence-electron chi connectivity index (χ0n) is 14.8. The number of hydrogen-bond donors (Lipinski definition) is 0. The maximum absolute atomic E-state index is 2.34. The van der Waals surface area contributed by atoms with Gasteiger partial charge in [-0.3, -0.25) is 0 Å². The summed E-state index contributed by atoms with van der Waals surface area (Å²) in [7, 11) is 0. The molecule has 0 saturated carbocycles. The van der Waals surface area contributed by atoms with Crippen LogP contribution in [0, 0.1) is 0 Å².